The summed E-state index contributed by atoms with van der Waals surface area (Å²) in [5, 5.41) is 0. The Hall–Kier alpha value is -2.27. The lowest BCUT2D eigenvalue weighted by molar-refractivity contribution is 0.0663. The number of ether oxygens (including phenoxy) is 1. The van der Waals surface area contributed by atoms with E-state index in [-0.39, 0.29) is 5.91 Å². The van der Waals surface area contributed by atoms with Crippen LogP contribution in [0, 0.1) is 11.8 Å². The highest BCUT2D eigenvalue weighted by molar-refractivity contribution is 5.94. The second-order valence-corrected chi connectivity index (χ2v) is 8.24. The summed E-state index contributed by atoms with van der Waals surface area (Å²) in [6, 6.07) is 10.1. The third-order valence-corrected chi connectivity index (χ3v) is 5.49. The van der Waals surface area contributed by atoms with Gasteiger partial charge in [-0.25, -0.2) is 0 Å². The van der Waals surface area contributed by atoms with Gasteiger partial charge in [0.2, 0.25) is 0 Å². The van der Waals surface area contributed by atoms with E-state index in [4.69, 9.17) is 4.74 Å². The lowest BCUT2D eigenvalue weighted by Crippen LogP contribution is -2.42. The van der Waals surface area contributed by atoms with Gasteiger partial charge in [0, 0.05) is 37.6 Å². The number of hydrogen-bond donors (Lipinski definition) is 1. The molecule has 1 aliphatic heterocycles. The first-order valence-corrected chi connectivity index (χ1v) is 10.3. The van der Waals surface area contributed by atoms with Gasteiger partial charge in [-0.05, 0) is 49.9 Å². The van der Waals surface area contributed by atoms with Crippen LogP contribution in [0.25, 0.3) is 0 Å². The predicted molar refractivity (Wildman–Crippen MR) is 113 cm³/mol. The van der Waals surface area contributed by atoms with Crippen molar-refractivity contribution < 1.29 is 9.53 Å². The molecule has 5 heteroatoms. The SMILES string of the molecule is COc1ccccc1CN1CCC(CN(CC(C)C)C(=O)c2cc[nH]c2)CC1. The molecule has 0 aliphatic carbocycles. The molecule has 0 bridgehead atoms. The Morgan fingerprint density at radius 2 is 2.00 bits per heavy atom. The van der Waals surface area contributed by atoms with Crippen molar-refractivity contribution >= 4 is 5.91 Å². The van der Waals surface area contributed by atoms with Crippen molar-refractivity contribution in [2.75, 3.05) is 33.3 Å². The number of hydrogen-bond acceptors (Lipinski definition) is 3. The minimum absolute atomic E-state index is 0.145. The maximum absolute atomic E-state index is 12.9. The third kappa shape index (κ3) is 5.38. The van der Waals surface area contributed by atoms with E-state index in [2.05, 4.69) is 35.9 Å². The number of amides is 1. The number of carbonyl (C=O) groups is 1. The monoisotopic (exact) mass is 383 g/mol. The van der Waals surface area contributed by atoms with Crippen LogP contribution in [0.1, 0.15) is 42.6 Å². The van der Waals surface area contributed by atoms with Gasteiger partial charge in [-0.15, -0.1) is 0 Å². The van der Waals surface area contributed by atoms with Gasteiger partial charge in [0.1, 0.15) is 5.75 Å². The Kier molecular flexibility index (Phi) is 7.15. The lowest BCUT2D eigenvalue weighted by atomic mass is 9.95. The Morgan fingerprint density at radius 1 is 1.25 bits per heavy atom. The fraction of sp³-hybridized carbons (Fsp3) is 0.522. The quantitative estimate of drug-likeness (QED) is 0.749. The fourth-order valence-corrected chi connectivity index (χ4v) is 4.03. The number of nitrogens with one attached hydrogen (secondary N) is 1. The summed E-state index contributed by atoms with van der Waals surface area (Å²) in [7, 11) is 1.73. The van der Waals surface area contributed by atoms with Crippen LogP contribution >= 0.6 is 0 Å². The van der Waals surface area contributed by atoms with E-state index in [1.165, 1.54) is 5.56 Å². The molecule has 152 valence electrons. The second-order valence-electron chi connectivity index (χ2n) is 8.24. The molecule has 0 unspecified atom stereocenters. The van der Waals surface area contributed by atoms with Crippen LogP contribution in [0.15, 0.2) is 42.7 Å². The number of benzene rings is 1. The summed E-state index contributed by atoms with van der Waals surface area (Å²) in [5.41, 5.74) is 2.00. The summed E-state index contributed by atoms with van der Waals surface area (Å²) < 4.78 is 5.49. The summed E-state index contributed by atoms with van der Waals surface area (Å²) in [6.45, 7) is 9.07. The molecule has 1 aromatic heterocycles. The van der Waals surface area contributed by atoms with E-state index in [0.717, 1.165) is 56.9 Å². The average molecular weight is 384 g/mol. The van der Waals surface area contributed by atoms with Crippen molar-refractivity contribution in [3.8, 4) is 5.75 Å². The van der Waals surface area contributed by atoms with E-state index in [9.17, 15) is 4.79 Å². The van der Waals surface area contributed by atoms with Gasteiger partial charge >= 0.3 is 0 Å². The summed E-state index contributed by atoms with van der Waals surface area (Å²) in [5.74, 6) is 2.14. The van der Waals surface area contributed by atoms with Crippen LogP contribution in [0.4, 0.5) is 0 Å². The van der Waals surface area contributed by atoms with Crippen LogP contribution in [0.2, 0.25) is 0 Å². The molecule has 1 aliphatic rings. The van der Waals surface area contributed by atoms with Gasteiger partial charge in [-0.2, -0.15) is 0 Å². The molecule has 0 radical (unpaired) electrons. The van der Waals surface area contributed by atoms with E-state index >= 15 is 0 Å². The standard InChI is InChI=1S/C23H33N3O2/c1-18(2)15-26(23(27)20-8-11-24-14-20)16-19-9-12-25(13-10-19)17-21-6-4-5-7-22(21)28-3/h4-8,11,14,18-19,24H,9-10,12-13,15-17H2,1-3H3. The topological polar surface area (TPSA) is 48.6 Å². The molecule has 1 amide bonds. The number of aromatic amines is 1. The molecule has 0 atom stereocenters. The van der Waals surface area contributed by atoms with Crippen LogP contribution < -0.4 is 4.74 Å². The van der Waals surface area contributed by atoms with Crippen molar-refractivity contribution in [3.63, 3.8) is 0 Å². The highest BCUT2D eigenvalue weighted by atomic mass is 16.5. The van der Waals surface area contributed by atoms with Crippen LogP contribution in [0.3, 0.4) is 0 Å². The molecule has 1 saturated heterocycles. The lowest BCUT2D eigenvalue weighted by Gasteiger charge is -2.35. The Balaban J connectivity index is 1.55. The Morgan fingerprint density at radius 3 is 2.64 bits per heavy atom. The zero-order valence-electron chi connectivity index (χ0n) is 17.4. The number of rotatable bonds is 8. The predicted octanol–water partition coefficient (Wildman–Crippen LogP) is 4.03. The molecule has 3 rings (SSSR count). The molecule has 1 N–H and O–H groups in total. The van der Waals surface area contributed by atoms with E-state index in [1.54, 1.807) is 13.3 Å². The molecule has 0 spiro atoms. The number of piperidine rings is 1. The summed E-state index contributed by atoms with van der Waals surface area (Å²) in [6.07, 6.45) is 5.87. The highest BCUT2D eigenvalue weighted by Crippen LogP contribution is 2.24. The Bertz CT molecular complexity index is 734. The molecule has 28 heavy (non-hydrogen) atoms. The first-order valence-electron chi connectivity index (χ1n) is 10.3. The van der Waals surface area contributed by atoms with Gasteiger partial charge in [-0.3, -0.25) is 9.69 Å². The van der Waals surface area contributed by atoms with Crippen molar-refractivity contribution in [2.24, 2.45) is 11.8 Å². The summed E-state index contributed by atoms with van der Waals surface area (Å²) >= 11 is 0. The third-order valence-electron chi connectivity index (χ3n) is 5.49. The second kappa shape index (κ2) is 9.78. The number of aromatic nitrogens is 1. The molecule has 2 heterocycles. The summed E-state index contributed by atoms with van der Waals surface area (Å²) in [4.78, 5) is 20.4. The van der Waals surface area contributed by atoms with Crippen LogP contribution in [0.5, 0.6) is 5.75 Å². The minimum Gasteiger partial charge on any atom is -0.496 e. The number of likely N-dealkylation sites (tertiary alicyclic amines) is 1. The molecule has 5 nitrogen and oxygen atoms in total. The van der Waals surface area contributed by atoms with Gasteiger partial charge in [0.15, 0.2) is 0 Å². The normalized spacial score (nSPS) is 15.7. The maximum Gasteiger partial charge on any atom is 0.255 e. The number of para-hydroxylation sites is 1. The number of nitrogens with zero attached hydrogens (tertiary/aromatic N) is 2. The van der Waals surface area contributed by atoms with Gasteiger partial charge in [0.05, 0.1) is 12.7 Å². The molecular formula is C23H33N3O2. The number of methoxy groups -OCH3 is 1. The van der Waals surface area contributed by atoms with Crippen molar-refractivity contribution in [1.82, 2.24) is 14.8 Å². The molecule has 1 fully saturated rings. The van der Waals surface area contributed by atoms with Gasteiger partial charge in [-0.1, -0.05) is 32.0 Å². The van der Waals surface area contributed by atoms with Crippen LogP contribution in [-0.2, 0) is 6.54 Å². The maximum atomic E-state index is 12.9. The van der Waals surface area contributed by atoms with Gasteiger partial charge in [0.25, 0.3) is 5.91 Å². The molecule has 2 aromatic rings. The average Bonchev–Trinajstić information content (AvgIpc) is 3.23. The first kappa shape index (κ1) is 20.5. The van der Waals surface area contributed by atoms with E-state index in [1.807, 2.05) is 29.3 Å². The van der Waals surface area contributed by atoms with Gasteiger partial charge < -0.3 is 14.6 Å². The number of H-pyrrole nitrogens is 1. The van der Waals surface area contributed by atoms with E-state index in [0.29, 0.717) is 11.8 Å². The minimum atomic E-state index is 0.145. The molecular weight excluding hydrogens is 350 g/mol. The van der Waals surface area contributed by atoms with Crippen LogP contribution in [-0.4, -0.2) is 54.0 Å². The van der Waals surface area contributed by atoms with Crippen molar-refractivity contribution in [1.29, 1.82) is 0 Å². The zero-order valence-corrected chi connectivity index (χ0v) is 17.4. The van der Waals surface area contributed by atoms with E-state index < -0.39 is 0 Å². The zero-order chi connectivity index (χ0) is 19.9. The largest absolute Gasteiger partial charge is 0.496 e. The number of carbonyl (C=O) groups excluding carboxylic acids is 1. The first-order chi connectivity index (χ1) is 13.6. The van der Waals surface area contributed by atoms with Crippen molar-refractivity contribution in [2.45, 2.75) is 33.2 Å². The highest BCUT2D eigenvalue weighted by Gasteiger charge is 2.25. The molecule has 1 aromatic carbocycles. The molecule has 0 saturated carbocycles. The Labute approximate surface area is 168 Å². The fourth-order valence-electron chi connectivity index (χ4n) is 4.03. The smallest absolute Gasteiger partial charge is 0.255 e. The van der Waals surface area contributed by atoms with Crippen molar-refractivity contribution in [3.05, 3.63) is 53.9 Å².